The summed E-state index contributed by atoms with van der Waals surface area (Å²) in [6, 6.07) is 7.82. The van der Waals surface area contributed by atoms with Crippen molar-refractivity contribution in [2.75, 3.05) is 38.2 Å². The van der Waals surface area contributed by atoms with E-state index in [1.165, 1.54) is 0 Å². The number of carbonyl (C=O) groups is 1. The van der Waals surface area contributed by atoms with E-state index >= 15 is 0 Å². The molecule has 1 saturated heterocycles. The number of fused-ring (bicyclic) bond motifs is 1. The van der Waals surface area contributed by atoms with Crippen molar-refractivity contribution in [3.8, 4) is 5.75 Å². The Morgan fingerprint density at radius 2 is 2.00 bits per heavy atom. The summed E-state index contributed by atoms with van der Waals surface area (Å²) in [5.41, 5.74) is 0.417. The number of hydrogen-bond acceptors (Lipinski definition) is 7. The summed E-state index contributed by atoms with van der Waals surface area (Å²) < 4.78 is 10.5. The standard InChI is InChI=1S/C19H21N5O4S/c1-3-24-17(25)15-14(20-19(24)27)16(29-21-15)18(26)23-9-7-22(8-10-23)12-5-4-6-13(11-12)28-2/h4-6,11H,3,7-10H2,1-2H3,(H,20,27). The average molecular weight is 415 g/mol. The first-order valence-corrected chi connectivity index (χ1v) is 10.1. The fourth-order valence-corrected chi connectivity index (χ4v) is 4.30. The van der Waals surface area contributed by atoms with Gasteiger partial charge >= 0.3 is 5.69 Å². The maximum atomic E-state index is 13.0. The van der Waals surface area contributed by atoms with Crippen LogP contribution in [0.25, 0.3) is 11.0 Å². The number of carbonyl (C=O) groups excluding carboxylic acids is 1. The Bertz CT molecular complexity index is 1170. The monoisotopic (exact) mass is 415 g/mol. The molecule has 3 heterocycles. The number of methoxy groups -OCH3 is 1. The molecule has 0 saturated carbocycles. The zero-order chi connectivity index (χ0) is 20.5. The minimum atomic E-state index is -0.526. The van der Waals surface area contributed by atoms with Crippen LogP contribution in [0.4, 0.5) is 5.69 Å². The van der Waals surface area contributed by atoms with Crippen LogP contribution >= 0.6 is 11.5 Å². The molecule has 3 aromatic rings. The topological polar surface area (TPSA) is 101 Å². The van der Waals surface area contributed by atoms with E-state index in [2.05, 4.69) is 14.3 Å². The molecule has 1 fully saturated rings. The molecule has 9 nitrogen and oxygen atoms in total. The predicted octanol–water partition coefficient (Wildman–Crippen LogP) is 1.14. The number of amides is 1. The summed E-state index contributed by atoms with van der Waals surface area (Å²) in [4.78, 5) is 44.4. The van der Waals surface area contributed by atoms with E-state index in [0.29, 0.717) is 31.1 Å². The number of aromatic amines is 1. The van der Waals surface area contributed by atoms with E-state index in [-0.39, 0.29) is 23.5 Å². The molecule has 1 amide bonds. The highest BCUT2D eigenvalue weighted by Gasteiger charge is 2.27. The molecule has 0 bridgehead atoms. The van der Waals surface area contributed by atoms with E-state index in [0.717, 1.165) is 27.5 Å². The highest BCUT2D eigenvalue weighted by Crippen LogP contribution is 2.24. The third-order valence-corrected chi connectivity index (χ3v) is 5.95. The summed E-state index contributed by atoms with van der Waals surface area (Å²) in [6.07, 6.45) is 0. The second-order valence-electron chi connectivity index (χ2n) is 6.70. The second kappa shape index (κ2) is 7.70. The second-order valence-corrected chi connectivity index (χ2v) is 7.47. The SMILES string of the molecule is CCn1c(=O)[nH]c2c(C(=O)N3CCN(c4cccc(OC)c4)CC3)snc2c1=O. The van der Waals surface area contributed by atoms with Gasteiger partial charge in [-0.05, 0) is 30.6 Å². The van der Waals surface area contributed by atoms with Crippen LogP contribution in [0.5, 0.6) is 5.75 Å². The molecule has 2 aromatic heterocycles. The molecule has 152 valence electrons. The molecule has 10 heteroatoms. The first-order chi connectivity index (χ1) is 14.0. The molecule has 1 aromatic carbocycles. The number of aromatic nitrogens is 3. The van der Waals surface area contributed by atoms with Gasteiger partial charge in [-0.25, -0.2) is 4.79 Å². The highest BCUT2D eigenvalue weighted by molar-refractivity contribution is 7.09. The summed E-state index contributed by atoms with van der Waals surface area (Å²) >= 11 is 0.954. The van der Waals surface area contributed by atoms with Crippen molar-refractivity contribution in [3.63, 3.8) is 0 Å². The molecule has 1 aliphatic heterocycles. The number of rotatable bonds is 4. The first kappa shape index (κ1) is 19.2. The van der Waals surface area contributed by atoms with Crippen molar-refractivity contribution in [3.05, 3.63) is 50.0 Å². The summed E-state index contributed by atoms with van der Waals surface area (Å²) in [6.45, 7) is 4.38. The Balaban J connectivity index is 1.54. The smallest absolute Gasteiger partial charge is 0.328 e. The molecule has 1 aliphatic rings. The van der Waals surface area contributed by atoms with Crippen LogP contribution < -0.4 is 20.9 Å². The van der Waals surface area contributed by atoms with E-state index in [9.17, 15) is 14.4 Å². The fourth-order valence-electron chi connectivity index (χ4n) is 3.50. The van der Waals surface area contributed by atoms with Gasteiger partial charge in [0.1, 0.15) is 10.6 Å². The molecule has 0 radical (unpaired) electrons. The Morgan fingerprint density at radius 3 is 2.69 bits per heavy atom. The number of nitrogens with one attached hydrogen (secondary N) is 1. The lowest BCUT2D eigenvalue weighted by Crippen LogP contribution is -2.48. The molecule has 29 heavy (non-hydrogen) atoms. The van der Waals surface area contributed by atoms with Crippen molar-refractivity contribution in [1.29, 1.82) is 0 Å². The van der Waals surface area contributed by atoms with Gasteiger partial charge in [-0.15, -0.1) is 0 Å². The van der Waals surface area contributed by atoms with Crippen LogP contribution in [0.3, 0.4) is 0 Å². The number of anilines is 1. The molecule has 0 spiro atoms. The lowest BCUT2D eigenvalue weighted by Gasteiger charge is -2.36. The normalized spacial score (nSPS) is 14.4. The lowest BCUT2D eigenvalue weighted by molar-refractivity contribution is 0.0753. The van der Waals surface area contributed by atoms with Gasteiger partial charge in [0.15, 0.2) is 5.52 Å². The first-order valence-electron chi connectivity index (χ1n) is 9.34. The number of hydrogen-bond donors (Lipinski definition) is 1. The lowest BCUT2D eigenvalue weighted by atomic mass is 10.2. The summed E-state index contributed by atoms with van der Waals surface area (Å²) in [5.74, 6) is 0.575. The van der Waals surface area contributed by atoms with Crippen LogP contribution in [0.1, 0.15) is 16.6 Å². The zero-order valence-electron chi connectivity index (χ0n) is 16.2. The van der Waals surface area contributed by atoms with Gasteiger partial charge in [-0.1, -0.05) is 6.07 Å². The van der Waals surface area contributed by atoms with Crippen molar-refractivity contribution < 1.29 is 9.53 Å². The number of piperazine rings is 1. The third kappa shape index (κ3) is 3.39. The zero-order valence-corrected chi connectivity index (χ0v) is 17.0. The van der Waals surface area contributed by atoms with Crippen molar-refractivity contribution >= 4 is 34.2 Å². The van der Waals surface area contributed by atoms with Gasteiger partial charge < -0.3 is 19.5 Å². The minimum Gasteiger partial charge on any atom is -0.497 e. The van der Waals surface area contributed by atoms with E-state index in [4.69, 9.17) is 4.74 Å². The quantitative estimate of drug-likeness (QED) is 0.686. The van der Waals surface area contributed by atoms with Gasteiger partial charge in [0.05, 0.1) is 12.6 Å². The van der Waals surface area contributed by atoms with Crippen LogP contribution in [0.2, 0.25) is 0 Å². The molecule has 4 rings (SSSR count). The molecule has 1 N–H and O–H groups in total. The molecule has 0 unspecified atom stereocenters. The molecule has 0 atom stereocenters. The van der Waals surface area contributed by atoms with Crippen molar-refractivity contribution in [2.45, 2.75) is 13.5 Å². The van der Waals surface area contributed by atoms with E-state index in [1.807, 2.05) is 24.3 Å². The van der Waals surface area contributed by atoms with Crippen LogP contribution in [0.15, 0.2) is 33.9 Å². The van der Waals surface area contributed by atoms with Crippen molar-refractivity contribution in [1.82, 2.24) is 18.8 Å². The largest absolute Gasteiger partial charge is 0.497 e. The van der Waals surface area contributed by atoms with E-state index < -0.39 is 11.2 Å². The van der Waals surface area contributed by atoms with Gasteiger partial charge in [0.2, 0.25) is 0 Å². The highest BCUT2D eigenvalue weighted by atomic mass is 32.1. The minimum absolute atomic E-state index is 0.134. The Labute approximate surface area is 170 Å². The maximum absolute atomic E-state index is 13.0. The van der Waals surface area contributed by atoms with Crippen LogP contribution in [-0.2, 0) is 6.54 Å². The summed E-state index contributed by atoms with van der Waals surface area (Å²) in [7, 11) is 1.63. The average Bonchev–Trinajstić information content (AvgIpc) is 3.17. The molecular formula is C19H21N5O4S. The molecular weight excluding hydrogens is 394 g/mol. The van der Waals surface area contributed by atoms with Gasteiger partial charge in [-0.2, -0.15) is 4.37 Å². The Hall–Kier alpha value is -3.14. The van der Waals surface area contributed by atoms with Gasteiger partial charge in [0.25, 0.3) is 11.5 Å². The van der Waals surface area contributed by atoms with Crippen LogP contribution in [0, 0.1) is 0 Å². The Kier molecular flexibility index (Phi) is 5.10. The van der Waals surface area contributed by atoms with Gasteiger partial charge in [-0.3, -0.25) is 14.2 Å². The Morgan fingerprint density at radius 1 is 1.24 bits per heavy atom. The van der Waals surface area contributed by atoms with Gasteiger partial charge in [0, 0.05) is 44.5 Å². The maximum Gasteiger partial charge on any atom is 0.328 e. The van der Waals surface area contributed by atoms with Crippen LogP contribution in [-0.4, -0.2) is 58.0 Å². The fraction of sp³-hybridized carbons (Fsp3) is 0.368. The summed E-state index contributed by atoms with van der Waals surface area (Å²) in [5, 5.41) is 0. The number of ether oxygens (including phenoxy) is 1. The number of nitrogens with zero attached hydrogens (tertiary/aromatic N) is 4. The third-order valence-electron chi connectivity index (χ3n) is 5.11. The number of H-pyrrole nitrogens is 1. The number of benzene rings is 1. The van der Waals surface area contributed by atoms with Crippen molar-refractivity contribution in [2.24, 2.45) is 0 Å². The predicted molar refractivity (Wildman–Crippen MR) is 111 cm³/mol. The van der Waals surface area contributed by atoms with E-state index in [1.54, 1.807) is 18.9 Å². The molecule has 0 aliphatic carbocycles.